The molecule has 9 N–H and O–H groups in total. The molecular formula is C42H70O14. The summed E-state index contributed by atoms with van der Waals surface area (Å²) in [6, 6.07) is 0. The van der Waals surface area contributed by atoms with Crippen LogP contribution in [0.3, 0.4) is 0 Å². The van der Waals surface area contributed by atoms with Gasteiger partial charge >= 0.3 is 0 Å². The normalized spacial score (nSPS) is 56.2. The maximum absolute atomic E-state index is 11.1. The van der Waals surface area contributed by atoms with Crippen molar-refractivity contribution < 1.29 is 69.6 Å². The van der Waals surface area contributed by atoms with Gasteiger partial charge in [-0.25, -0.2) is 0 Å². The summed E-state index contributed by atoms with van der Waals surface area (Å²) in [7, 11) is 0. The maximum Gasteiger partial charge on any atom is 0.186 e. The highest BCUT2D eigenvalue weighted by Crippen LogP contribution is 2.89. The van der Waals surface area contributed by atoms with Crippen molar-refractivity contribution >= 4 is 0 Å². The molecule has 5 saturated carbocycles. The summed E-state index contributed by atoms with van der Waals surface area (Å²) in [5.74, 6) is 2.12. The average molecular weight is 799 g/mol. The molecule has 14 nitrogen and oxygen atoms in total. The molecule has 56 heavy (non-hydrogen) atoms. The first kappa shape index (κ1) is 42.1. The first-order valence-electron chi connectivity index (χ1n) is 21.5. The molecule has 0 unspecified atom stereocenters. The van der Waals surface area contributed by atoms with Crippen LogP contribution < -0.4 is 0 Å². The minimum atomic E-state index is -1.64. The van der Waals surface area contributed by atoms with Gasteiger partial charge in [0.2, 0.25) is 0 Å². The Morgan fingerprint density at radius 1 is 0.661 bits per heavy atom. The highest BCUT2D eigenvalue weighted by molar-refractivity contribution is 5.30. The van der Waals surface area contributed by atoms with Crippen molar-refractivity contribution in [1.82, 2.24) is 0 Å². The summed E-state index contributed by atoms with van der Waals surface area (Å²) in [4.78, 5) is 0. The third kappa shape index (κ3) is 6.08. The van der Waals surface area contributed by atoms with E-state index in [0.29, 0.717) is 35.7 Å². The lowest BCUT2D eigenvalue weighted by molar-refractivity contribution is -0.343. The Balaban J connectivity index is 0.926. The fourth-order valence-electron chi connectivity index (χ4n) is 14.8. The fraction of sp³-hybridized carbons (Fsp3) is 1.00. The summed E-state index contributed by atoms with van der Waals surface area (Å²) >= 11 is 0. The van der Waals surface area contributed by atoms with E-state index in [4.69, 9.17) is 23.7 Å². The van der Waals surface area contributed by atoms with Crippen LogP contribution in [0.15, 0.2) is 0 Å². The maximum atomic E-state index is 11.1. The first-order chi connectivity index (χ1) is 26.3. The molecule has 0 aromatic carbocycles. The smallest absolute Gasteiger partial charge is 0.186 e. The standard InChI is InChI=1S/C42H70O14/c1-37(2)25-7-8-26-39(4)12-10-22(21-6-9-28(52-17-21)40(5,51)20-44)38(39,3)14-15-42(26)19-41(25,42)13-11-27(37)56-36-34(50)32(48)30(46)24(55-36)18-53-35-33(49)31(47)29(45)23(16-43)54-35/h21-36,43-51H,6-20H2,1-5H3/t21-,22+,23+,24+,25-,26-,27-,28+,29+,30+,31-,32-,33+,34+,35+,36-,38+,39-,40-,41+,42-/m0/s1. The number of fused-ring (bicyclic) bond motifs is 2. The van der Waals surface area contributed by atoms with Crippen molar-refractivity contribution in [3.05, 3.63) is 0 Å². The lowest BCUT2D eigenvalue weighted by Gasteiger charge is -2.64. The summed E-state index contributed by atoms with van der Waals surface area (Å²) in [6.45, 7) is 10.7. The summed E-state index contributed by atoms with van der Waals surface area (Å²) in [5.41, 5.74) is -0.467. The molecule has 3 saturated heterocycles. The molecular weight excluding hydrogens is 728 g/mol. The van der Waals surface area contributed by atoms with Gasteiger partial charge in [0.05, 0.1) is 38.6 Å². The van der Waals surface area contributed by atoms with Gasteiger partial charge in [0.1, 0.15) is 54.4 Å². The molecule has 14 heteroatoms. The van der Waals surface area contributed by atoms with Crippen LogP contribution in [-0.4, -0.2) is 152 Å². The number of rotatable bonds is 9. The topological polar surface area (TPSA) is 228 Å². The molecule has 0 bridgehead atoms. The van der Waals surface area contributed by atoms with Gasteiger partial charge in [-0.15, -0.1) is 0 Å². The van der Waals surface area contributed by atoms with Crippen molar-refractivity contribution in [2.24, 2.45) is 50.7 Å². The van der Waals surface area contributed by atoms with E-state index in [-0.39, 0.29) is 40.5 Å². The van der Waals surface area contributed by atoms with Crippen LogP contribution in [0.1, 0.15) is 105 Å². The van der Waals surface area contributed by atoms with Crippen molar-refractivity contribution in [3.63, 3.8) is 0 Å². The Morgan fingerprint density at radius 2 is 1.30 bits per heavy atom. The number of aliphatic hydroxyl groups is 9. The number of hydrogen-bond donors (Lipinski definition) is 9. The van der Waals surface area contributed by atoms with Crippen molar-refractivity contribution in [3.8, 4) is 0 Å². The van der Waals surface area contributed by atoms with Crippen LogP contribution in [0.25, 0.3) is 0 Å². The molecule has 0 amide bonds. The Labute approximate surface area is 330 Å². The zero-order chi connectivity index (χ0) is 40.4. The summed E-state index contributed by atoms with van der Waals surface area (Å²) in [6.07, 6.45) is -3.09. The van der Waals surface area contributed by atoms with E-state index in [0.717, 1.165) is 32.1 Å². The van der Waals surface area contributed by atoms with Crippen molar-refractivity contribution in [1.29, 1.82) is 0 Å². The van der Waals surface area contributed by atoms with E-state index in [1.54, 1.807) is 6.92 Å². The van der Waals surface area contributed by atoms with Crippen molar-refractivity contribution in [2.75, 3.05) is 26.4 Å². The zero-order valence-electron chi connectivity index (χ0n) is 33.9. The van der Waals surface area contributed by atoms with Crippen molar-refractivity contribution in [2.45, 2.75) is 184 Å². The van der Waals surface area contributed by atoms with Gasteiger partial charge in [0.25, 0.3) is 0 Å². The van der Waals surface area contributed by atoms with Gasteiger partial charge in [-0.05, 0) is 128 Å². The fourth-order valence-corrected chi connectivity index (χ4v) is 14.8. The van der Waals surface area contributed by atoms with Gasteiger partial charge in [-0.2, -0.15) is 0 Å². The number of ether oxygens (including phenoxy) is 5. The van der Waals surface area contributed by atoms with Crippen LogP contribution in [-0.2, 0) is 23.7 Å². The second kappa shape index (κ2) is 14.5. The van der Waals surface area contributed by atoms with Gasteiger partial charge < -0.3 is 69.6 Å². The van der Waals surface area contributed by atoms with Crippen LogP contribution in [0.5, 0.6) is 0 Å². The number of aliphatic hydroxyl groups excluding tert-OH is 8. The zero-order valence-corrected chi connectivity index (χ0v) is 33.9. The Bertz CT molecular complexity index is 1420. The molecule has 8 rings (SSSR count). The van der Waals surface area contributed by atoms with E-state index in [1.807, 2.05) is 0 Å². The quantitative estimate of drug-likeness (QED) is 0.148. The molecule has 0 radical (unpaired) electrons. The molecule has 8 fully saturated rings. The van der Waals surface area contributed by atoms with Gasteiger partial charge in [-0.1, -0.05) is 27.7 Å². The third-order valence-corrected chi connectivity index (χ3v) is 18.2. The summed E-state index contributed by atoms with van der Waals surface area (Å²) < 4.78 is 30.1. The Hall–Kier alpha value is -0.560. The molecule has 0 aromatic rings. The summed E-state index contributed by atoms with van der Waals surface area (Å²) in [5, 5.41) is 93.5. The van der Waals surface area contributed by atoms with Crippen LogP contribution >= 0.6 is 0 Å². The second-order valence-electron chi connectivity index (χ2n) is 20.9. The molecule has 322 valence electrons. The van der Waals surface area contributed by atoms with Crippen LogP contribution in [0.2, 0.25) is 0 Å². The largest absolute Gasteiger partial charge is 0.394 e. The predicted molar refractivity (Wildman–Crippen MR) is 198 cm³/mol. The van der Waals surface area contributed by atoms with Gasteiger partial charge in [0, 0.05) is 0 Å². The number of hydrogen-bond acceptors (Lipinski definition) is 14. The Morgan fingerprint density at radius 3 is 1.96 bits per heavy atom. The lowest BCUT2D eigenvalue weighted by Crippen LogP contribution is -2.63. The van der Waals surface area contributed by atoms with Crippen LogP contribution in [0.4, 0.5) is 0 Å². The lowest BCUT2D eigenvalue weighted by atomic mass is 9.41. The van der Waals surface area contributed by atoms with E-state index in [1.165, 1.54) is 38.5 Å². The predicted octanol–water partition coefficient (Wildman–Crippen LogP) is 0.973. The van der Waals surface area contributed by atoms with Gasteiger partial charge in [-0.3, -0.25) is 0 Å². The molecule has 3 aliphatic heterocycles. The van der Waals surface area contributed by atoms with Crippen LogP contribution in [0, 0.1) is 50.7 Å². The van der Waals surface area contributed by atoms with Gasteiger partial charge in [0.15, 0.2) is 12.6 Å². The van der Waals surface area contributed by atoms with E-state index < -0.39 is 80.2 Å². The molecule has 5 aliphatic carbocycles. The van der Waals surface area contributed by atoms with E-state index >= 15 is 0 Å². The first-order valence-corrected chi connectivity index (χ1v) is 21.5. The molecule has 2 spiro atoms. The second-order valence-corrected chi connectivity index (χ2v) is 20.9. The highest BCUT2D eigenvalue weighted by Gasteiger charge is 2.82. The molecule has 21 atom stereocenters. The minimum absolute atomic E-state index is 0.221. The average Bonchev–Trinajstić information content (AvgIpc) is 3.76. The minimum Gasteiger partial charge on any atom is -0.394 e. The third-order valence-electron chi connectivity index (χ3n) is 18.2. The molecule has 3 heterocycles. The monoisotopic (exact) mass is 798 g/mol. The Kier molecular flexibility index (Phi) is 10.9. The SMILES string of the molecule is CC1(C)[C@@H](O[C@@H]2O[C@H](CO[C@@H]3O[C@H](CO)[C@@H](O)[C@H](O)[C@H]3O)[C@@H](O)[C@H](O)[C@H]2O)CC[C@]23C[C@]24CC[C@]2(C)[C@@H]([C@H]5CC[C@H]([C@@](C)(O)CO)OC5)CC[C@@]2(C)[C@@H]4CC[C@@H]13. The molecule has 0 aromatic heterocycles. The van der Waals surface area contributed by atoms with E-state index in [9.17, 15) is 46.0 Å². The van der Waals surface area contributed by atoms with E-state index in [2.05, 4.69) is 27.7 Å². The molecule has 8 aliphatic rings. The highest BCUT2D eigenvalue weighted by atomic mass is 16.7.